The van der Waals surface area contributed by atoms with Crippen molar-refractivity contribution >= 4 is 52.3 Å². The van der Waals surface area contributed by atoms with E-state index in [1.807, 2.05) is 0 Å². The number of hydrogen-bond acceptors (Lipinski definition) is 3. The summed E-state index contributed by atoms with van der Waals surface area (Å²) in [6, 6.07) is 8.58. The molecule has 0 atom stereocenters. The summed E-state index contributed by atoms with van der Waals surface area (Å²) in [7, 11) is 0. The minimum absolute atomic E-state index is 0.0251. The van der Waals surface area contributed by atoms with Crippen LogP contribution in [-0.2, 0) is 9.59 Å². The Morgan fingerprint density at radius 2 is 1.93 bits per heavy atom. The van der Waals surface area contributed by atoms with Crippen LogP contribution < -0.4 is 9.64 Å². The molecule has 1 saturated heterocycles. The second-order valence-electron chi connectivity index (χ2n) is 6.19. The highest BCUT2D eigenvalue weighted by atomic mass is 35.5. The van der Waals surface area contributed by atoms with Gasteiger partial charge < -0.3 is 9.64 Å². The van der Waals surface area contributed by atoms with Gasteiger partial charge in [-0.2, -0.15) is 0 Å². The molecule has 3 rings (SSSR count). The van der Waals surface area contributed by atoms with E-state index in [1.165, 1.54) is 29.2 Å². The number of anilines is 1. The van der Waals surface area contributed by atoms with Crippen molar-refractivity contribution in [1.29, 1.82) is 0 Å². The van der Waals surface area contributed by atoms with E-state index in [4.69, 9.17) is 39.5 Å². The van der Waals surface area contributed by atoms with E-state index >= 15 is 0 Å². The van der Waals surface area contributed by atoms with Crippen LogP contribution in [0.1, 0.15) is 12.8 Å². The fraction of sp³-hybridized carbons (Fsp3) is 0.263. The SMILES string of the molecule is O=C1CCCN1CN(C(=O)COc1ccc(Cl)cc1Cl)c1ccc(F)c(Cl)c1. The van der Waals surface area contributed by atoms with Gasteiger partial charge in [-0.15, -0.1) is 0 Å². The topological polar surface area (TPSA) is 49.9 Å². The van der Waals surface area contributed by atoms with E-state index in [9.17, 15) is 14.0 Å². The summed E-state index contributed by atoms with van der Waals surface area (Å²) in [6.07, 6.45) is 1.16. The van der Waals surface area contributed by atoms with E-state index < -0.39 is 11.7 Å². The lowest BCUT2D eigenvalue weighted by Gasteiger charge is -2.28. The fourth-order valence-electron chi connectivity index (χ4n) is 2.79. The number of carbonyl (C=O) groups is 2. The standard InChI is InChI=1S/C19H16Cl3FN2O3/c20-12-3-6-17(15(22)8-12)28-10-19(27)25(11-24-7-1-2-18(24)26)13-4-5-16(23)14(21)9-13/h3-6,8-9H,1-2,7,10-11H2. The third-order valence-corrected chi connectivity index (χ3v) is 5.06. The summed E-state index contributed by atoms with van der Waals surface area (Å²) in [6.45, 7) is 0.233. The second kappa shape index (κ2) is 8.99. The zero-order valence-corrected chi connectivity index (χ0v) is 16.9. The first kappa shape index (κ1) is 20.7. The van der Waals surface area contributed by atoms with Crippen LogP contribution in [0.4, 0.5) is 10.1 Å². The van der Waals surface area contributed by atoms with Gasteiger partial charge in [0.1, 0.15) is 18.2 Å². The Bertz CT molecular complexity index is 910. The smallest absolute Gasteiger partial charge is 0.266 e. The Balaban J connectivity index is 1.79. The molecular formula is C19H16Cl3FN2O3. The molecule has 1 aliphatic heterocycles. The zero-order chi connectivity index (χ0) is 20.3. The molecule has 9 heteroatoms. The first-order valence-electron chi connectivity index (χ1n) is 8.46. The Labute approximate surface area is 176 Å². The summed E-state index contributed by atoms with van der Waals surface area (Å²) in [5, 5.41) is 0.593. The van der Waals surface area contributed by atoms with Crippen LogP contribution in [0, 0.1) is 5.82 Å². The van der Waals surface area contributed by atoms with E-state index in [-0.39, 0.29) is 29.2 Å². The molecule has 0 bridgehead atoms. The average Bonchev–Trinajstić information content (AvgIpc) is 3.06. The van der Waals surface area contributed by atoms with E-state index in [0.717, 1.165) is 6.42 Å². The van der Waals surface area contributed by atoms with Gasteiger partial charge >= 0.3 is 0 Å². The van der Waals surface area contributed by atoms with Gasteiger partial charge in [0.15, 0.2) is 6.61 Å². The molecule has 2 aromatic carbocycles. The summed E-state index contributed by atoms with van der Waals surface area (Å²) in [5.41, 5.74) is 0.363. The molecule has 2 aromatic rings. The van der Waals surface area contributed by atoms with Gasteiger partial charge in [0.05, 0.1) is 10.0 Å². The molecule has 1 aliphatic rings. The van der Waals surface area contributed by atoms with Crippen molar-refractivity contribution in [2.45, 2.75) is 12.8 Å². The first-order chi connectivity index (χ1) is 13.3. The molecule has 0 spiro atoms. The number of hydrogen-bond donors (Lipinski definition) is 0. The van der Waals surface area contributed by atoms with Gasteiger partial charge in [0.2, 0.25) is 5.91 Å². The molecule has 1 fully saturated rings. The number of likely N-dealkylation sites (tertiary alicyclic amines) is 1. The van der Waals surface area contributed by atoms with Gasteiger partial charge in [0.25, 0.3) is 5.91 Å². The Morgan fingerprint density at radius 3 is 2.57 bits per heavy atom. The van der Waals surface area contributed by atoms with Crippen LogP contribution in [0.25, 0.3) is 0 Å². The van der Waals surface area contributed by atoms with E-state index in [0.29, 0.717) is 29.4 Å². The Kier molecular flexibility index (Phi) is 6.65. The third kappa shape index (κ3) is 4.87. The normalized spacial score (nSPS) is 13.7. The predicted molar refractivity (Wildman–Crippen MR) is 107 cm³/mol. The van der Waals surface area contributed by atoms with Crippen molar-refractivity contribution in [1.82, 2.24) is 4.90 Å². The predicted octanol–water partition coefficient (Wildman–Crippen LogP) is 4.78. The van der Waals surface area contributed by atoms with Crippen LogP contribution in [0.3, 0.4) is 0 Å². The van der Waals surface area contributed by atoms with Crippen LogP contribution in [0.5, 0.6) is 5.75 Å². The van der Waals surface area contributed by atoms with Crippen LogP contribution in [0.2, 0.25) is 15.1 Å². The lowest BCUT2D eigenvalue weighted by Crippen LogP contribution is -2.44. The lowest BCUT2D eigenvalue weighted by molar-refractivity contribution is -0.128. The molecule has 0 aliphatic carbocycles. The molecule has 0 unspecified atom stereocenters. The van der Waals surface area contributed by atoms with Crippen molar-refractivity contribution in [3.63, 3.8) is 0 Å². The molecule has 5 nitrogen and oxygen atoms in total. The quantitative estimate of drug-likeness (QED) is 0.643. The number of nitrogens with zero attached hydrogens (tertiary/aromatic N) is 2. The summed E-state index contributed by atoms with van der Waals surface area (Å²) >= 11 is 17.8. The van der Waals surface area contributed by atoms with Crippen LogP contribution in [0.15, 0.2) is 36.4 Å². The minimum Gasteiger partial charge on any atom is -0.482 e. The summed E-state index contributed by atoms with van der Waals surface area (Å²) in [5.74, 6) is -0.783. The number of ether oxygens (including phenoxy) is 1. The highest BCUT2D eigenvalue weighted by Gasteiger charge is 2.26. The number of halogens is 4. The molecule has 28 heavy (non-hydrogen) atoms. The van der Waals surface area contributed by atoms with Crippen molar-refractivity contribution in [2.75, 3.05) is 24.7 Å². The first-order valence-corrected chi connectivity index (χ1v) is 9.59. The number of amides is 2. The highest BCUT2D eigenvalue weighted by molar-refractivity contribution is 6.35. The van der Waals surface area contributed by atoms with Gasteiger partial charge in [0, 0.05) is 23.7 Å². The largest absolute Gasteiger partial charge is 0.482 e. The minimum atomic E-state index is -0.598. The van der Waals surface area contributed by atoms with Gasteiger partial charge in [-0.25, -0.2) is 4.39 Å². The van der Waals surface area contributed by atoms with Crippen molar-refractivity contribution in [2.24, 2.45) is 0 Å². The molecule has 0 radical (unpaired) electrons. The van der Waals surface area contributed by atoms with Crippen LogP contribution >= 0.6 is 34.8 Å². The molecule has 148 valence electrons. The molecule has 0 aromatic heterocycles. The fourth-order valence-corrected chi connectivity index (χ4v) is 3.43. The summed E-state index contributed by atoms with van der Waals surface area (Å²) < 4.78 is 19.0. The second-order valence-corrected chi connectivity index (χ2v) is 7.44. The number of carbonyl (C=O) groups excluding carboxylic acids is 2. The molecule has 2 amide bonds. The molecular weight excluding hydrogens is 430 g/mol. The van der Waals surface area contributed by atoms with E-state index in [2.05, 4.69) is 0 Å². The molecule has 0 saturated carbocycles. The van der Waals surface area contributed by atoms with E-state index in [1.54, 1.807) is 17.0 Å². The zero-order valence-electron chi connectivity index (χ0n) is 14.6. The Morgan fingerprint density at radius 1 is 1.14 bits per heavy atom. The van der Waals surface area contributed by atoms with Crippen molar-refractivity contribution in [3.8, 4) is 5.75 Å². The monoisotopic (exact) mass is 444 g/mol. The maximum Gasteiger partial charge on any atom is 0.266 e. The number of rotatable bonds is 6. The van der Waals surface area contributed by atoms with Crippen molar-refractivity contribution < 1.29 is 18.7 Å². The average molecular weight is 446 g/mol. The van der Waals surface area contributed by atoms with Gasteiger partial charge in [-0.05, 0) is 42.8 Å². The maximum atomic E-state index is 13.5. The van der Waals surface area contributed by atoms with Gasteiger partial charge in [-0.1, -0.05) is 34.8 Å². The van der Waals surface area contributed by atoms with Crippen LogP contribution in [-0.4, -0.2) is 36.5 Å². The summed E-state index contributed by atoms with van der Waals surface area (Å²) in [4.78, 5) is 27.7. The van der Waals surface area contributed by atoms with Gasteiger partial charge in [-0.3, -0.25) is 14.5 Å². The highest BCUT2D eigenvalue weighted by Crippen LogP contribution is 2.28. The number of benzene rings is 2. The molecule has 0 N–H and O–H groups in total. The lowest BCUT2D eigenvalue weighted by atomic mass is 10.2. The van der Waals surface area contributed by atoms with Crippen molar-refractivity contribution in [3.05, 3.63) is 57.3 Å². The maximum absolute atomic E-state index is 13.5. The molecule has 1 heterocycles. The third-order valence-electron chi connectivity index (χ3n) is 4.24. The Hall–Kier alpha value is -2.02.